The summed E-state index contributed by atoms with van der Waals surface area (Å²) in [7, 11) is 0. The number of carbonyl (C=O) groups excluding carboxylic acids is 2. The summed E-state index contributed by atoms with van der Waals surface area (Å²) in [5.74, 6) is -0.933. The van der Waals surface area contributed by atoms with Crippen molar-refractivity contribution in [1.29, 1.82) is 0 Å². The molecule has 1 aliphatic carbocycles. The van der Waals surface area contributed by atoms with E-state index in [1.807, 2.05) is 37.3 Å². The van der Waals surface area contributed by atoms with Crippen molar-refractivity contribution in [1.82, 2.24) is 4.90 Å². The minimum absolute atomic E-state index is 0.404. The fourth-order valence-corrected chi connectivity index (χ4v) is 3.18. The third-order valence-corrected chi connectivity index (χ3v) is 4.71. The van der Waals surface area contributed by atoms with Crippen molar-refractivity contribution >= 4 is 29.1 Å². The Morgan fingerprint density at radius 1 is 1.13 bits per heavy atom. The molecule has 1 aliphatic heterocycles. The molecule has 5 heteroatoms. The van der Waals surface area contributed by atoms with E-state index >= 15 is 0 Å². The Bertz CT molecular complexity index is 709. The molecule has 2 amide bonds. The zero-order valence-corrected chi connectivity index (χ0v) is 13.8. The Kier molecular flexibility index (Phi) is 4.53. The summed E-state index contributed by atoms with van der Waals surface area (Å²) in [5.41, 5.74) is 2.73. The maximum Gasteiger partial charge on any atom is 0.316 e. The van der Waals surface area contributed by atoms with Gasteiger partial charge in [0.1, 0.15) is 0 Å². The minimum atomic E-state index is -0.470. The van der Waals surface area contributed by atoms with Crippen molar-refractivity contribution in [2.75, 3.05) is 24.5 Å². The smallest absolute Gasteiger partial charge is 0.316 e. The van der Waals surface area contributed by atoms with Gasteiger partial charge in [-0.25, -0.2) is 0 Å². The van der Waals surface area contributed by atoms with E-state index in [0.29, 0.717) is 19.6 Å². The van der Waals surface area contributed by atoms with Gasteiger partial charge in [-0.1, -0.05) is 42.0 Å². The first-order chi connectivity index (χ1) is 11.1. The molecule has 0 atom stereocenters. The first-order valence-corrected chi connectivity index (χ1v) is 8.16. The van der Waals surface area contributed by atoms with Gasteiger partial charge in [0.25, 0.3) is 0 Å². The van der Waals surface area contributed by atoms with Crippen LogP contribution in [0.15, 0.2) is 47.0 Å². The molecule has 1 aromatic carbocycles. The van der Waals surface area contributed by atoms with Crippen LogP contribution in [0.1, 0.15) is 18.4 Å². The Hall–Kier alpha value is -2.07. The zero-order chi connectivity index (χ0) is 16.4. The number of para-hydroxylation sites is 1. The van der Waals surface area contributed by atoms with Crippen LogP contribution in [-0.4, -0.2) is 36.3 Å². The summed E-state index contributed by atoms with van der Waals surface area (Å²) in [4.78, 5) is 28.1. The Labute approximate surface area is 141 Å². The van der Waals surface area contributed by atoms with Crippen LogP contribution in [0.2, 0.25) is 0 Å². The summed E-state index contributed by atoms with van der Waals surface area (Å²) in [6.45, 7) is 3.36. The third-order valence-electron chi connectivity index (χ3n) is 4.27. The van der Waals surface area contributed by atoms with Crippen LogP contribution in [0.3, 0.4) is 0 Å². The van der Waals surface area contributed by atoms with Gasteiger partial charge in [0.15, 0.2) is 0 Å². The van der Waals surface area contributed by atoms with Crippen LogP contribution >= 0.6 is 11.6 Å². The number of anilines is 1. The molecule has 0 saturated carbocycles. The van der Waals surface area contributed by atoms with Crippen molar-refractivity contribution in [3.63, 3.8) is 0 Å². The Balaban J connectivity index is 1.76. The molecule has 0 spiro atoms. The van der Waals surface area contributed by atoms with E-state index in [1.165, 1.54) is 0 Å². The minimum Gasteiger partial charge on any atom is -0.328 e. The number of carbonyl (C=O) groups is 2. The van der Waals surface area contributed by atoms with Crippen molar-refractivity contribution in [2.24, 2.45) is 0 Å². The second-order valence-electron chi connectivity index (χ2n) is 5.84. The van der Waals surface area contributed by atoms with Gasteiger partial charge in [0.2, 0.25) is 0 Å². The highest BCUT2D eigenvalue weighted by Gasteiger charge is 2.34. The quantitative estimate of drug-likeness (QED) is 0.799. The van der Waals surface area contributed by atoms with E-state index in [9.17, 15) is 9.59 Å². The van der Waals surface area contributed by atoms with E-state index in [1.54, 1.807) is 9.80 Å². The lowest BCUT2D eigenvalue weighted by molar-refractivity contribution is -0.145. The van der Waals surface area contributed by atoms with Gasteiger partial charge in [-0.05, 0) is 37.0 Å². The number of rotatable bonds is 3. The van der Waals surface area contributed by atoms with E-state index in [4.69, 9.17) is 11.6 Å². The molecule has 0 N–H and O–H groups in total. The Morgan fingerprint density at radius 3 is 2.65 bits per heavy atom. The molecule has 1 aromatic rings. The average molecular weight is 331 g/mol. The fraction of sp³-hybridized carbons (Fsp3) is 0.333. The predicted molar refractivity (Wildman–Crippen MR) is 91.4 cm³/mol. The van der Waals surface area contributed by atoms with E-state index in [2.05, 4.69) is 6.08 Å². The molecule has 1 fully saturated rings. The predicted octanol–water partition coefficient (Wildman–Crippen LogP) is 3.01. The summed E-state index contributed by atoms with van der Waals surface area (Å²) < 4.78 is 0. The van der Waals surface area contributed by atoms with Crippen molar-refractivity contribution in [2.45, 2.75) is 19.8 Å². The summed E-state index contributed by atoms with van der Waals surface area (Å²) in [6.07, 6.45) is 5.74. The monoisotopic (exact) mass is 330 g/mol. The molecule has 0 aromatic heterocycles. The van der Waals surface area contributed by atoms with Crippen molar-refractivity contribution < 1.29 is 9.59 Å². The SMILES string of the molecule is Cc1ccccc1N1CCN(CC2=C(Cl)CCC=C2)C(=O)C1=O. The summed E-state index contributed by atoms with van der Waals surface area (Å²) in [6, 6.07) is 7.62. The van der Waals surface area contributed by atoms with Gasteiger partial charge in [0.05, 0.1) is 0 Å². The number of amides is 2. The zero-order valence-electron chi connectivity index (χ0n) is 13.1. The van der Waals surface area contributed by atoms with Crippen LogP contribution in [0.4, 0.5) is 5.69 Å². The number of hydrogen-bond donors (Lipinski definition) is 0. The first kappa shape index (κ1) is 15.8. The highest BCUT2D eigenvalue weighted by atomic mass is 35.5. The molecule has 1 heterocycles. The summed E-state index contributed by atoms with van der Waals surface area (Å²) in [5, 5.41) is 0.786. The van der Waals surface area contributed by atoms with Crippen LogP contribution in [-0.2, 0) is 9.59 Å². The highest BCUT2D eigenvalue weighted by Crippen LogP contribution is 2.25. The van der Waals surface area contributed by atoms with Crippen LogP contribution in [0, 0.1) is 6.92 Å². The van der Waals surface area contributed by atoms with Crippen molar-refractivity contribution in [3.05, 3.63) is 52.6 Å². The molecule has 0 bridgehead atoms. The van der Waals surface area contributed by atoms with Crippen LogP contribution in [0.5, 0.6) is 0 Å². The van der Waals surface area contributed by atoms with E-state index in [-0.39, 0.29) is 0 Å². The van der Waals surface area contributed by atoms with Gasteiger partial charge in [-0.2, -0.15) is 0 Å². The molecule has 120 valence electrons. The number of nitrogens with zero attached hydrogens (tertiary/aromatic N) is 2. The molecule has 4 nitrogen and oxygen atoms in total. The van der Waals surface area contributed by atoms with Gasteiger partial charge in [0, 0.05) is 30.4 Å². The second-order valence-corrected chi connectivity index (χ2v) is 6.30. The number of hydrogen-bond acceptors (Lipinski definition) is 2. The van der Waals surface area contributed by atoms with Gasteiger partial charge in [-0.3, -0.25) is 9.59 Å². The third kappa shape index (κ3) is 3.17. The fourth-order valence-electron chi connectivity index (χ4n) is 2.95. The lowest BCUT2D eigenvalue weighted by Gasteiger charge is -2.35. The molecule has 3 rings (SSSR count). The van der Waals surface area contributed by atoms with Gasteiger partial charge in [-0.15, -0.1) is 0 Å². The van der Waals surface area contributed by atoms with Crippen LogP contribution in [0.25, 0.3) is 0 Å². The number of piperazine rings is 1. The second kappa shape index (κ2) is 6.59. The summed E-state index contributed by atoms with van der Waals surface area (Å²) >= 11 is 6.23. The molecule has 0 radical (unpaired) electrons. The van der Waals surface area contributed by atoms with Crippen LogP contribution < -0.4 is 4.90 Å². The van der Waals surface area contributed by atoms with Crippen molar-refractivity contribution in [3.8, 4) is 0 Å². The maximum atomic E-state index is 12.5. The normalized spacial score (nSPS) is 18.9. The topological polar surface area (TPSA) is 40.6 Å². The maximum absolute atomic E-state index is 12.5. The molecule has 1 saturated heterocycles. The number of benzene rings is 1. The number of halogens is 1. The van der Waals surface area contributed by atoms with E-state index < -0.39 is 11.8 Å². The standard InChI is InChI=1S/C18H19ClN2O2/c1-13-6-2-5-9-16(13)21-11-10-20(17(22)18(21)23)12-14-7-3-4-8-15(14)19/h2-3,5-7,9H,4,8,10-12H2,1H3. The van der Waals surface area contributed by atoms with Gasteiger partial charge >= 0.3 is 11.8 Å². The molecular formula is C18H19ClN2O2. The average Bonchev–Trinajstić information content (AvgIpc) is 2.55. The molecule has 0 unspecified atom stereocenters. The Morgan fingerprint density at radius 2 is 1.91 bits per heavy atom. The molecule has 2 aliphatic rings. The number of aryl methyl sites for hydroxylation is 1. The highest BCUT2D eigenvalue weighted by molar-refractivity contribution is 6.41. The van der Waals surface area contributed by atoms with Gasteiger partial charge < -0.3 is 9.80 Å². The largest absolute Gasteiger partial charge is 0.328 e. The number of allylic oxidation sites excluding steroid dienone is 2. The van der Waals surface area contributed by atoms with E-state index in [0.717, 1.165) is 34.7 Å². The molecular weight excluding hydrogens is 312 g/mol. The lowest BCUT2D eigenvalue weighted by atomic mass is 10.1. The lowest BCUT2D eigenvalue weighted by Crippen LogP contribution is -2.55. The first-order valence-electron chi connectivity index (χ1n) is 7.78. The molecule has 23 heavy (non-hydrogen) atoms.